The number of hydrogen-bond acceptors (Lipinski definition) is 3. The van der Waals surface area contributed by atoms with E-state index in [0.717, 1.165) is 0 Å². The van der Waals surface area contributed by atoms with Crippen LogP contribution in [-0.2, 0) is 0 Å². The normalized spacial score (nSPS) is 10.5. The van der Waals surface area contributed by atoms with Gasteiger partial charge in [0.15, 0.2) is 5.82 Å². The van der Waals surface area contributed by atoms with Crippen LogP contribution in [0.1, 0.15) is 5.82 Å². The maximum absolute atomic E-state index is 13.2. The van der Waals surface area contributed by atoms with E-state index >= 15 is 0 Å². The van der Waals surface area contributed by atoms with E-state index in [-0.39, 0.29) is 5.82 Å². The first-order valence-corrected chi connectivity index (χ1v) is 5.01. The first-order chi connectivity index (χ1) is 6.68. The Morgan fingerprint density at radius 1 is 1.43 bits per heavy atom. The summed E-state index contributed by atoms with van der Waals surface area (Å²) in [5.74, 6) is 0.616. The Morgan fingerprint density at radius 3 is 2.86 bits per heavy atom. The number of hydrogen-bond donors (Lipinski definition) is 0. The van der Waals surface area contributed by atoms with Gasteiger partial charge in [0.1, 0.15) is 5.82 Å². The van der Waals surface area contributed by atoms with Crippen LogP contribution in [0.2, 0.25) is 0 Å². The monoisotopic (exact) mass is 304 g/mol. The molecule has 1 aromatic heterocycles. The second-order valence-electron chi connectivity index (χ2n) is 2.75. The van der Waals surface area contributed by atoms with Gasteiger partial charge in [-0.15, -0.1) is 0 Å². The van der Waals surface area contributed by atoms with Gasteiger partial charge in [0, 0.05) is 0 Å². The molecule has 0 amide bonds. The van der Waals surface area contributed by atoms with Crippen LogP contribution in [0.15, 0.2) is 22.7 Å². The van der Waals surface area contributed by atoms with E-state index in [1.807, 2.05) is 22.6 Å². The van der Waals surface area contributed by atoms with Crippen molar-refractivity contribution < 1.29 is 8.91 Å². The highest BCUT2D eigenvalue weighted by Gasteiger charge is 2.12. The van der Waals surface area contributed by atoms with Gasteiger partial charge in [-0.3, -0.25) is 0 Å². The second-order valence-corrected chi connectivity index (χ2v) is 3.83. The first kappa shape index (κ1) is 9.57. The van der Waals surface area contributed by atoms with Crippen molar-refractivity contribution >= 4 is 22.6 Å². The van der Waals surface area contributed by atoms with Crippen molar-refractivity contribution in [3.63, 3.8) is 0 Å². The van der Waals surface area contributed by atoms with Crippen molar-refractivity contribution in [3.8, 4) is 11.5 Å². The molecular formula is C9H6FIN2O. The molecule has 14 heavy (non-hydrogen) atoms. The molecule has 0 fully saturated rings. The molecule has 0 N–H and O–H groups in total. The lowest BCUT2D eigenvalue weighted by Gasteiger charge is -1.98. The minimum absolute atomic E-state index is 0.279. The fourth-order valence-electron chi connectivity index (χ4n) is 1.08. The number of nitrogens with zero attached hydrogens (tertiary/aromatic N) is 2. The zero-order valence-corrected chi connectivity index (χ0v) is 9.45. The topological polar surface area (TPSA) is 38.9 Å². The van der Waals surface area contributed by atoms with Gasteiger partial charge in [-0.2, -0.15) is 4.98 Å². The summed E-state index contributed by atoms with van der Waals surface area (Å²) in [4.78, 5) is 4.03. The molecule has 0 atom stereocenters. The van der Waals surface area contributed by atoms with Crippen LogP contribution in [-0.4, -0.2) is 10.1 Å². The summed E-state index contributed by atoms with van der Waals surface area (Å²) in [6, 6.07) is 4.76. The maximum Gasteiger partial charge on any atom is 0.259 e. The molecule has 0 saturated carbocycles. The van der Waals surface area contributed by atoms with Crippen molar-refractivity contribution in [1.82, 2.24) is 10.1 Å². The Balaban J connectivity index is 2.57. The summed E-state index contributed by atoms with van der Waals surface area (Å²) < 4.78 is 18.6. The Bertz CT molecular complexity index is 470. The molecule has 0 aliphatic rings. The van der Waals surface area contributed by atoms with Gasteiger partial charge in [-0.25, -0.2) is 4.39 Å². The molecule has 2 aromatic rings. The fourth-order valence-corrected chi connectivity index (χ4v) is 1.67. The fraction of sp³-hybridized carbons (Fsp3) is 0.111. The van der Waals surface area contributed by atoms with E-state index in [1.165, 1.54) is 6.07 Å². The van der Waals surface area contributed by atoms with Gasteiger partial charge in [-0.1, -0.05) is 11.2 Å². The molecule has 1 aromatic carbocycles. The average Bonchev–Trinajstić information content (AvgIpc) is 2.57. The third-order valence-corrected chi connectivity index (χ3v) is 2.81. The van der Waals surface area contributed by atoms with Crippen LogP contribution in [0.5, 0.6) is 0 Å². The lowest BCUT2D eigenvalue weighted by Crippen LogP contribution is -1.87. The van der Waals surface area contributed by atoms with E-state index in [0.29, 0.717) is 20.8 Å². The third kappa shape index (κ3) is 1.63. The van der Waals surface area contributed by atoms with E-state index in [4.69, 9.17) is 4.52 Å². The zero-order chi connectivity index (χ0) is 10.1. The van der Waals surface area contributed by atoms with Gasteiger partial charge >= 0.3 is 0 Å². The van der Waals surface area contributed by atoms with Crippen molar-refractivity contribution in [2.75, 3.05) is 0 Å². The molecule has 72 valence electrons. The van der Waals surface area contributed by atoms with Crippen LogP contribution < -0.4 is 0 Å². The average molecular weight is 304 g/mol. The Hall–Kier alpha value is -0.980. The highest BCUT2D eigenvalue weighted by Crippen LogP contribution is 2.25. The number of aromatic nitrogens is 2. The van der Waals surface area contributed by atoms with Crippen LogP contribution in [0.3, 0.4) is 0 Å². The number of halogens is 2. The summed E-state index contributed by atoms with van der Waals surface area (Å²) in [7, 11) is 0. The second kappa shape index (κ2) is 3.64. The third-order valence-electron chi connectivity index (χ3n) is 1.71. The summed E-state index contributed by atoms with van der Waals surface area (Å²) in [6.45, 7) is 1.72. The summed E-state index contributed by atoms with van der Waals surface area (Å²) in [5, 5.41) is 3.65. The molecule has 5 heteroatoms. The van der Waals surface area contributed by atoms with Crippen molar-refractivity contribution in [2.24, 2.45) is 0 Å². The molecule has 0 saturated heterocycles. The standard InChI is InChI=1S/C9H6FIN2O/c1-5-12-9(14-13-5)6-3-2-4-7(10)8(6)11/h2-4H,1H3. The number of rotatable bonds is 1. The summed E-state index contributed by atoms with van der Waals surface area (Å²) >= 11 is 1.91. The lowest BCUT2D eigenvalue weighted by atomic mass is 10.2. The zero-order valence-electron chi connectivity index (χ0n) is 7.29. The van der Waals surface area contributed by atoms with Crippen LogP contribution in [0.25, 0.3) is 11.5 Å². The van der Waals surface area contributed by atoms with Crippen LogP contribution >= 0.6 is 22.6 Å². The maximum atomic E-state index is 13.2. The van der Waals surface area contributed by atoms with Crippen LogP contribution in [0, 0.1) is 16.3 Å². The molecule has 0 radical (unpaired) electrons. The van der Waals surface area contributed by atoms with E-state index < -0.39 is 0 Å². The van der Waals surface area contributed by atoms with Gasteiger partial charge < -0.3 is 4.52 Å². The lowest BCUT2D eigenvalue weighted by molar-refractivity contribution is 0.425. The predicted molar refractivity (Wildman–Crippen MR) is 57.1 cm³/mol. The Morgan fingerprint density at radius 2 is 2.21 bits per heavy atom. The molecule has 0 unspecified atom stereocenters. The predicted octanol–water partition coefficient (Wildman–Crippen LogP) is 2.79. The highest BCUT2D eigenvalue weighted by molar-refractivity contribution is 14.1. The smallest absolute Gasteiger partial charge is 0.259 e. The SMILES string of the molecule is Cc1noc(-c2cccc(F)c2I)n1. The van der Waals surface area contributed by atoms with E-state index in [9.17, 15) is 4.39 Å². The summed E-state index contributed by atoms with van der Waals surface area (Å²) in [6.07, 6.45) is 0. The van der Waals surface area contributed by atoms with Crippen LogP contribution in [0.4, 0.5) is 4.39 Å². The van der Waals surface area contributed by atoms with Gasteiger partial charge in [0.05, 0.1) is 9.13 Å². The van der Waals surface area contributed by atoms with Crippen molar-refractivity contribution in [1.29, 1.82) is 0 Å². The van der Waals surface area contributed by atoms with Crippen molar-refractivity contribution in [3.05, 3.63) is 33.4 Å². The largest absolute Gasteiger partial charge is 0.334 e. The highest BCUT2D eigenvalue weighted by atomic mass is 127. The molecule has 0 aliphatic carbocycles. The molecular weight excluding hydrogens is 298 g/mol. The molecule has 0 aliphatic heterocycles. The minimum atomic E-state index is -0.279. The molecule has 0 bridgehead atoms. The minimum Gasteiger partial charge on any atom is -0.334 e. The van der Waals surface area contributed by atoms with Gasteiger partial charge in [0.2, 0.25) is 0 Å². The number of benzene rings is 1. The van der Waals surface area contributed by atoms with E-state index in [1.54, 1.807) is 19.1 Å². The molecule has 0 spiro atoms. The first-order valence-electron chi connectivity index (χ1n) is 3.93. The Labute approximate surface area is 93.5 Å². The van der Waals surface area contributed by atoms with Gasteiger partial charge in [0.25, 0.3) is 5.89 Å². The van der Waals surface area contributed by atoms with Gasteiger partial charge in [-0.05, 0) is 41.6 Å². The Kier molecular flexibility index (Phi) is 2.49. The quantitative estimate of drug-likeness (QED) is 0.761. The molecule has 2 rings (SSSR count). The number of aryl methyl sites for hydroxylation is 1. The summed E-state index contributed by atoms with van der Waals surface area (Å²) in [5.41, 5.74) is 0.631. The van der Waals surface area contributed by atoms with E-state index in [2.05, 4.69) is 10.1 Å². The molecule has 3 nitrogen and oxygen atoms in total. The molecule has 1 heterocycles. The van der Waals surface area contributed by atoms with Crippen molar-refractivity contribution in [2.45, 2.75) is 6.92 Å².